The molecule has 144 valence electrons. The summed E-state index contributed by atoms with van der Waals surface area (Å²) in [6, 6.07) is 3.64. The average Bonchev–Trinajstić information content (AvgIpc) is 2.65. The highest BCUT2D eigenvalue weighted by molar-refractivity contribution is 5.76. The molecule has 0 bridgehead atoms. The van der Waals surface area contributed by atoms with Gasteiger partial charge in [-0.15, -0.1) is 0 Å². The molecule has 1 atom stereocenters. The Morgan fingerprint density at radius 2 is 2.19 bits per heavy atom. The molecule has 7 heteroatoms. The van der Waals surface area contributed by atoms with E-state index in [2.05, 4.69) is 15.2 Å². The minimum absolute atomic E-state index is 0.0560. The van der Waals surface area contributed by atoms with E-state index in [-0.39, 0.29) is 24.0 Å². The Hall–Kier alpha value is -1.70. The number of hydrogen-bond donors (Lipinski definition) is 2. The SMILES string of the molecule is COc1ccc(C(NC(=O)CCCN2CCOCC2)C2CC(O)C2)cn1. The molecule has 1 aliphatic carbocycles. The van der Waals surface area contributed by atoms with E-state index in [4.69, 9.17) is 9.47 Å². The highest BCUT2D eigenvalue weighted by Crippen LogP contribution is 2.38. The van der Waals surface area contributed by atoms with Crippen molar-refractivity contribution in [1.29, 1.82) is 0 Å². The van der Waals surface area contributed by atoms with Crippen LogP contribution in [-0.2, 0) is 9.53 Å². The van der Waals surface area contributed by atoms with Crippen molar-refractivity contribution < 1.29 is 19.4 Å². The van der Waals surface area contributed by atoms with Crippen LogP contribution < -0.4 is 10.1 Å². The smallest absolute Gasteiger partial charge is 0.220 e. The molecule has 2 aliphatic rings. The Morgan fingerprint density at radius 1 is 1.42 bits per heavy atom. The maximum Gasteiger partial charge on any atom is 0.220 e. The van der Waals surface area contributed by atoms with Crippen LogP contribution in [0.2, 0.25) is 0 Å². The van der Waals surface area contributed by atoms with Crippen molar-refractivity contribution in [2.24, 2.45) is 5.92 Å². The summed E-state index contributed by atoms with van der Waals surface area (Å²) in [4.78, 5) is 19.0. The van der Waals surface area contributed by atoms with Crippen molar-refractivity contribution in [3.05, 3.63) is 23.9 Å². The first-order valence-electron chi connectivity index (χ1n) is 9.43. The van der Waals surface area contributed by atoms with E-state index in [0.717, 1.165) is 44.8 Å². The largest absolute Gasteiger partial charge is 0.481 e. The molecule has 0 spiro atoms. The molecule has 0 aromatic carbocycles. The van der Waals surface area contributed by atoms with Gasteiger partial charge in [-0.1, -0.05) is 6.07 Å². The third-order valence-electron chi connectivity index (χ3n) is 5.25. The summed E-state index contributed by atoms with van der Waals surface area (Å²) >= 11 is 0. The van der Waals surface area contributed by atoms with Gasteiger partial charge in [0.1, 0.15) is 0 Å². The Morgan fingerprint density at radius 3 is 2.81 bits per heavy atom. The predicted molar refractivity (Wildman–Crippen MR) is 96.9 cm³/mol. The molecular weight excluding hydrogens is 334 g/mol. The van der Waals surface area contributed by atoms with E-state index in [1.54, 1.807) is 13.3 Å². The van der Waals surface area contributed by atoms with E-state index < -0.39 is 0 Å². The maximum absolute atomic E-state index is 12.5. The van der Waals surface area contributed by atoms with Crippen molar-refractivity contribution in [2.75, 3.05) is 40.0 Å². The highest BCUT2D eigenvalue weighted by atomic mass is 16.5. The molecule has 1 aliphatic heterocycles. The molecule has 1 saturated carbocycles. The molecule has 1 amide bonds. The van der Waals surface area contributed by atoms with Gasteiger partial charge in [-0.25, -0.2) is 4.98 Å². The highest BCUT2D eigenvalue weighted by Gasteiger charge is 2.35. The van der Waals surface area contributed by atoms with Crippen LogP contribution in [0, 0.1) is 5.92 Å². The van der Waals surface area contributed by atoms with Crippen LogP contribution in [0.4, 0.5) is 0 Å². The van der Waals surface area contributed by atoms with E-state index in [9.17, 15) is 9.90 Å². The van der Waals surface area contributed by atoms with Crippen molar-refractivity contribution in [1.82, 2.24) is 15.2 Å². The molecule has 1 saturated heterocycles. The van der Waals surface area contributed by atoms with Crippen LogP contribution in [0.25, 0.3) is 0 Å². The van der Waals surface area contributed by atoms with Gasteiger partial charge >= 0.3 is 0 Å². The van der Waals surface area contributed by atoms with Crippen molar-refractivity contribution in [3.8, 4) is 5.88 Å². The molecule has 0 radical (unpaired) electrons. The Labute approximate surface area is 154 Å². The molecule has 1 aromatic heterocycles. The summed E-state index contributed by atoms with van der Waals surface area (Å²) in [6.45, 7) is 4.38. The number of carbonyl (C=O) groups is 1. The first-order valence-corrected chi connectivity index (χ1v) is 9.43. The summed E-state index contributed by atoms with van der Waals surface area (Å²) < 4.78 is 10.4. The van der Waals surface area contributed by atoms with Gasteiger partial charge in [0, 0.05) is 31.8 Å². The molecule has 1 aromatic rings. The zero-order valence-electron chi connectivity index (χ0n) is 15.4. The third-order valence-corrected chi connectivity index (χ3v) is 5.25. The zero-order valence-corrected chi connectivity index (χ0v) is 15.4. The third kappa shape index (κ3) is 5.16. The lowest BCUT2D eigenvalue weighted by Gasteiger charge is -2.38. The van der Waals surface area contributed by atoms with E-state index in [0.29, 0.717) is 25.1 Å². The minimum Gasteiger partial charge on any atom is -0.481 e. The molecule has 1 unspecified atom stereocenters. The van der Waals surface area contributed by atoms with Crippen molar-refractivity contribution in [3.63, 3.8) is 0 Å². The van der Waals surface area contributed by atoms with Crippen molar-refractivity contribution >= 4 is 5.91 Å². The predicted octanol–water partition coefficient (Wildman–Crippen LogP) is 1.13. The number of aliphatic hydroxyl groups excluding tert-OH is 1. The van der Waals surface area contributed by atoms with E-state index >= 15 is 0 Å². The summed E-state index contributed by atoms with van der Waals surface area (Å²) in [6.07, 6.45) is 4.27. The lowest BCUT2D eigenvalue weighted by Crippen LogP contribution is -2.41. The second-order valence-corrected chi connectivity index (χ2v) is 7.12. The van der Waals surface area contributed by atoms with Crippen LogP contribution in [-0.4, -0.2) is 67.0 Å². The number of morpholine rings is 1. The van der Waals surface area contributed by atoms with Gasteiger partial charge in [-0.2, -0.15) is 0 Å². The summed E-state index contributed by atoms with van der Waals surface area (Å²) in [5.74, 6) is 0.863. The van der Waals surface area contributed by atoms with Crippen LogP contribution in [0.3, 0.4) is 0 Å². The number of methoxy groups -OCH3 is 1. The number of rotatable bonds is 8. The van der Waals surface area contributed by atoms with E-state index in [1.165, 1.54) is 0 Å². The fraction of sp³-hybridized carbons (Fsp3) is 0.684. The van der Waals surface area contributed by atoms with Crippen LogP contribution in [0.15, 0.2) is 18.3 Å². The lowest BCUT2D eigenvalue weighted by molar-refractivity contribution is -0.123. The molecule has 26 heavy (non-hydrogen) atoms. The number of nitrogens with one attached hydrogen (secondary N) is 1. The number of amides is 1. The summed E-state index contributed by atoms with van der Waals surface area (Å²) in [5.41, 5.74) is 0.962. The van der Waals surface area contributed by atoms with Gasteiger partial charge in [0.2, 0.25) is 11.8 Å². The number of aliphatic hydroxyl groups is 1. The molecular formula is C19H29N3O4. The second-order valence-electron chi connectivity index (χ2n) is 7.12. The van der Waals surface area contributed by atoms with Gasteiger partial charge in [0.25, 0.3) is 0 Å². The number of hydrogen-bond acceptors (Lipinski definition) is 6. The first-order chi connectivity index (χ1) is 12.7. The number of pyridine rings is 1. The number of carbonyl (C=O) groups excluding carboxylic acids is 1. The first kappa shape index (κ1) is 19.1. The maximum atomic E-state index is 12.5. The molecule has 2 fully saturated rings. The normalized spacial score (nSPS) is 24.5. The fourth-order valence-corrected chi connectivity index (χ4v) is 3.61. The standard InChI is InChI=1S/C19H29N3O4/c1-25-18-5-4-14(13-20-18)19(15-11-16(23)12-15)21-17(24)3-2-6-22-7-9-26-10-8-22/h4-5,13,15-16,19,23H,2-3,6-12H2,1H3,(H,21,24). The van der Waals surface area contributed by atoms with E-state index in [1.807, 2.05) is 12.1 Å². The molecule has 2 heterocycles. The fourth-order valence-electron chi connectivity index (χ4n) is 3.61. The Kier molecular flexibility index (Phi) is 6.82. The second kappa shape index (κ2) is 9.30. The Bertz CT molecular complexity index is 569. The average molecular weight is 363 g/mol. The minimum atomic E-state index is -0.257. The monoisotopic (exact) mass is 363 g/mol. The van der Waals surface area contributed by atoms with Crippen LogP contribution in [0.5, 0.6) is 5.88 Å². The Balaban J connectivity index is 1.52. The lowest BCUT2D eigenvalue weighted by atomic mass is 9.75. The van der Waals surface area contributed by atoms with Gasteiger partial charge in [-0.3, -0.25) is 9.69 Å². The number of nitrogens with zero attached hydrogens (tertiary/aromatic N) is 2. The topological polar surface area (TPSA) is 83.9 Å². The van der Waals surface area contributed by atoms with Crippen LogP contribution >= 0.6 is 0 Å². The number of aromatic nitrogens is 1. The molecule has 3 rings (SSSR count). The van der Waals surface area contributed by atoms with Crippen molar-refractivity contribution in [2.45, 2.75) is 37.8 Å². The van der Waals surface area contributed by atoms with Crippen LogP contribution in [0.1, 0.15) is 37.3 Å². The molecule has 2 N–H and O–H groups in total. The zero-order chi connectivity index (χ0) is 18.4. The summed E-state index contributed by atoms with van der Waals surface area (Å²) in [7, 11) is 1.58. The number of ether oxygens (including phenoxy) is 2. The quantitative estimate of drug-likeness (QED) is 0.720. The van der Waals surface area contributed by atoms with Gasteiger partial charge < -0.3 is 19.9 Å². The molecule has 7 nitrogen and oxygen atoms in total. The van der Waals surface area contributed by atoms with Gasteiger partial charge in [0.15, 0.2) is 0 Å². The summed E-state index contributed by atoms with van der Waals surface area (Å²) in [5, 5.41) is 12.8. The van der Waals surface area contributed by atoms with Gasteiger partial charge in [0.05, 0.1) is 32.5 Å². The van der Waals surface area contributed by atoms with Gasteiger partial charge in [-0.05, 0) is 37.3 Å².